The highest BCUT2D eigenvalue weighted by atomic mass is 32.1. The van der Waals surface area contributed by atoms with Gasteiger partial charge in [0, 0.05) is 11.8 Å². The molecule has 1 fully saturated rings. The molecule has 0 spiro atoms. The van der Waals surface area contributed by atoms with Gasteiger partial charge >= 0.3 is 0 Å². The van der Waals surface area contributed by atoms with Crippen LogP contribution in [-0.4, -0.2) is 10.9 Å². The minimum Gasteiger partial charge on any atom is -0.350 e. The van der Waals surface area contributed by atoms with Crippen LogP contribution in [0, 0.1) is 12.8 Å². The van der Waals surface area contributed by atoms with Gasteiger partial charge in [0.1, 0.15) is 0 Å². The van der Waals surface area contributed by atoms with E-state index < -0.39 is 0 Å². The van der Waals surface area contributed by atoms with Gasteiger partial charge in [-0.25, -0.2) is 4.98 Å². The van der Waals surface area contributed by atoms with Crippen molar-refractivity contribution in [3.05, 3.63) is 16.1 Å². The Labute approximate surface area is 119 Å². The van der Waals surface area contributed by atoms with Crippen LogP contribution in [0.25, 0.3) is 0 Å². The quantitative estimate of drug-likeness (QED) is 0.860. The van der Waals surface area contributed by atoms with Crippen molar-refractivity contribution in [3.63, 3.8) is 0 Å². The predicted molar refractivity (Wildman–Crippen MR) is 79.1 cm³/mol. The molecular weight excluding hydrogens is 256 g/mol. The van der Waals surface area contributed by atoms with Crippen molar-refractivity contribution in [2.24, 2.45) is 5.92 Å². The number of carbonyl (C=O) groups is 1. The van der Waals surface area contributed by atoms with Crippen LogP contribution in [0.4, 0.5) is 0 Å². The molecule has 3 nitrogen and oxygen atoms in total. The first-order chi connectivity index (χ1) is 9.24. The van der Waals surface area contributed by atoms with Gasteiger partial charge in [-0.1, -0.05) is 32.1 Å². The minimum atomic E-state index is 0.168. The van der Waals surface area contributed by atoms with Crippen molar-refractivity contribution in [2.45, 2.75) is 64.8 Å². The molecule has 1 amide bonds. The van der Waals surface area contributed by atoms with Crippen molar-refractivity contribution < 1.29 is 4.79 Å². The van der Waals surface area contributed by atoms with E-state index >= 15 is 0 Å². The lowest BCUT2D eigenvalue weighted by Crippen LogP contribution is -2.22. The molecule has 1 aliphatic rings. The van der Waals surface area contributed by atoms with E-state index in [9.17, 15) is 4.79 Å². The molecule has 0 unspecified atom stereocenters. The van der Waals surface area contributed by atoms with Gasteiger partial charge in [-0.2, -0.15) is 0 Å². The van der Waals surface area contributed by atoms with Crippen LogP contribution >= 0.6 is 11.3 Å². The third-order valence-corrected chi connectivity index (χ3v) is 4.70. The van der Waals surface area contributed by atoms with Gasteiger partial charge in [-0.3, -0.25) is 4.79 Å². The summed E-state index contributed by atoms with van der Waals surface area (Å²) < 4.78 is 0. The zero-order valence-electron chi connectivity index (χ0n) is 11.8. The summed E-state index contributed by atoms with van der Waals surface area (Å²) in [7, 11) is 0. The third kappa shape index (κ3) is 5.31. The lowest BCUT2D eigenvalue weighted by Gasteiger charge is -2.21. The third-order valence-electron chi connectivity index (χ3n) is 3.87. The van der Waals surface area contributed by atoms with Gasteiger partial charge in [-0.05, 0) is 25.7 Å². The molecule has 0 atom stereocenters. The fourth-order valence-corrected chi connectivity index (χ4v) is 3.41. The summed E-state index contributed by atoms with van der Waals surface area (Å²) in [4.78, 5) is 16.1. The van der Waals surface area contributed by atoms with Gasteiger partial charge < -0.3 is 5.32 Å². The monoisotopic (exact) mass is 280 g/mol. The first-order valence-corrected chi connectivity index (χ1v) is 8.29. The molecule has 0 radical (unpaired) electrons. The number of nitrogens with zero attached hydrogens (tertiary/aromatic N) is 1. The summed E-state index contributed by atoms with van der Waals surface area (Å²) in [5, 5.41) is 6.02. The number of nitrogens with one attached hydrogen (secondary N) is 1. The highest BCUT2D eigenvalue weighted by molar-refractivity contribution is 7.09. The van der Waals surface area contributed by atoms with Crippen molar-refractivity contribution in [3.8, 4) is 0 Å². The zero-order chi connectivity index (χ0) is 13.5. The summed E-state index contributed by atoms with van der Waals surface area (Å²) in [6.07, 6.45) is 9.86. The maximum Gasteiger partial charge on any atom is 0.220 e. The van der Waals surface area contributed by atoms with E-state index in [4.69, 9.17) is 0 Å². The smallest absolute Gasteiger partial charge is 0.220 e. The highest BCUT2D eigenvalue weighted by Gasteiger charge is 2.13. The molecule has 1 heterocycles. The van der Waals surface area contributed by atoms with Crippen LogP contribution in [0.2, 0.25) is 0 Å². The molecule has 0 aliphatic heterocycles. The van der Waals surface area contributed by atoms with E-state index in [1.54, 1.807) is 11.3 Å². The second kappa shape index (κ2) is 7.63. The van der Waals surface area contributed by atoms with Gasteiger partial charge in [0.2, 0.25) is 5.91 Å². The van der Waals surface area contributed by atoms with E-state index in [0.29, 0.717) is 13.0 Å². The lowest BCUT2D eigenvalue weighted by molar-refractivity contribution is -0.121. The molecule has 1 aromatic heterocycles. The SMILES string of the molecule is Cc1nc(CNC(=O)CCCC2CCCCC2)cs1. The number of hydrogen-bond acceptors (Lipinski definition) is 3. The average Bonchev–Trinajstić information content (AvgIpc) is 2.83. The number of carbonyl (C=O) groups excluding carboxylic acids is 1. The van der Waals surface area contributed by atoms with Crippen molar-refractivity contribution in [1.82, 2.24) is 10.3 Å². The Bertz CT molecular complexity index is 397. The molecule has 4 heteroatoms. The standard InChI is InChI=1S/C15H24N2OS/c1-12-17-14(11-19-12)10-16-15(18)9-5-8-13-6-3-2-4-7-13/h11,13H,2-10H2,1H3,(H,16,18). The van der Waals surface area contributed by atoms with Gasteiger partial charge in [0.15, 0.2) is 0 Å². The maximum atomic E-state index is 11.7. The van der Waals surface area contributed by atoms with E-state index in [1.807, 2.05) is 12.3 Å². The van der Waals surface area contributed by atoms with E-state index in [2.05, 4.69) is 10.3 Å². The van der Waals surface area contributed by atoms with Crippen molar-refractivity contribution >= 4 is 17.2 Å². The highest BCUT2D eigenvalue weighted by Crippen LogP contribution is 2.27. The summed E-state index contributed by atoms with van der Waals surface area (Å²) in [5.41, 5.74) is 0.975. The molecule has 106 valence electrons. The van der Waals surface area contributed by atoms with E-state index in [1.165, 1.54) is 38.5 Å². The Morgan fingerprint density at radius 2 is 2.21 bits per heavy atom. The van der Waals surface area contributed by atoms with Crippen LogP contribution < -0.4 is 5.32 Å². The fourth-order valence-electron chi connectivity index (χ4n) is 2.79. The fraction of sp³-hybridized carbons (Fsp3) is 0.733. The van der Waals surface area contributed by atoms with Gasteiger partial charge in [0.25, 0.3) is 0 Å². The molecule has 2 rings (SSSR count). The van der Waals surface area contributed by atoms with Crippen LogP contribution in [-0.2, 0) is 11.3 Å². The van der Waals surface area contributed by atoms with Crippen LogP contribution in [0.3, 0.4) is 0 Å². The Hall–Kier alpha value is -0.900. The molecule has 0 aromatic carbocycles. The molecule has 1 aromatic rings. The van der Waals surface area contributed by atoms with Crippen molar-refractivity contribution in [1.29, 1.82) is 0 Å². The molecule has 0 bridgehead atoms. The summed E-state index contributed by atoms with van der Waals surface area (Å²) in [5.74, 6) is 1.05. The average molecular weight is 280 g/mol. The Morgan fingerprint density at radius 1 is 1.42 bits per heavy atom. The summed E-state index contributed by atoms with van der Waals surface area (Å²) in [6.45, 7) is 2.56. The number of aromatic nitrogens is 1. The first-order valence-electron chi connectivity index (χ1n) is 7.42. The van der Waals surface area contributed by atoms with Gasteiger partial charge in [0.05, 0.1) is 17.2 Å². The number of rotatable bonds is 6. The number of thiazole rings is 1. The molecule has 1 saturated carbocycles. The van der Waals surface area contributed by atoms with E-state index in [0.717, 1.165) is 23.0 Å². The normalized spacial score (nSPS) is 16.5. The Balaban J connectivity index is 1.56. The second-order valence-corrected chi connectivity index (χ2v) is 6.59. The number of aryl methyl sites for hydroxylation is 1. The number of hydrogen-bond donors (Lipinski definition) is 1. The predicted octanol–water partition coefficient (Wildman–Crippen LogP) is 3.82. The molecule has 1 N–H and O–H groups in total. The van der Waals surface area contributed by atoms with Gasteiger partial charge in [-0.15, -0.1) is 11.3 Å². The molecule has 1 aliphatic carbocycles. The van der Waals surface area contributed by atoms with Crippen LogP contribution in [0.5, 0.6) is 0 Å². The minimum absolute atomic E-state index is 0.168. The first kappa shape index (κ1) is 14.5. The van der Waals surface area contributed by atoms with E-state index in [-0.39, 0.29) is 5.91 Å². The van der Waals surface area contributed by atoms with Crippen LogP contribution in [0.15, 0.2) is 5.38 Å². The van der Waals surface area contributed by atoms with Crippen LogP contribution in [0.1, 0.15) is 62.1 Å². The molecule has 19 heavy (non-hydrogen) atoms. The zero-order valence-corrected chi connectivity index (χ0v) is 12.6. The summed E-state index contributed by atoms with van der Waals surface area (Å²) in [6, 6.07) is 0. The lowest BCUT2D eigenvalue weighted by atomic mass is 9.86. The Morgan fingerprint density at radius 3 is 2.89 bits per heavy atom. The maximum absolute atomic E-state index is 11.7. The number of amides is 1. The largest absolute Gasteiger partial charge is 0.350 e. The molecular formula is C15H24N2OS. The Kier molecular flexibility index (Phi) is 5.83. The molecule has 0 saturated heterocycles. The van der Waals surface area contributed by atoms with Crippen molar-refractivity contribution in [2.75, 3.05) is 0 Å². The topological polar surface area (TPSA) is 42.0 Å². The summed E-state index contributed by atoms with van der Waals surface area (Å²) >= 11 is 1.63. The second-order valence-electron chi connectivity index (χ2n) is 5.53.